The number of ether oxygens (including phenoxy) is 1. The average Bonchev–Trinajstić information content (AvgIpc) is 1.84. The number of hydrogen-bond donors (Lipinski definition) is 1. The molecular weight excluding hydrogens is 233 g/mol. The normalized spacial score (nSPS) is 16.4. The Balaban J connectivity index is 3.72. The molecule has 0 fully saturated rings. The molecule has 0 aromatic rings. The molecule has 54 valence electrons. The van der Waals surface area contributed by atoms with Gasteiger partial charge in [-0.2, -0.15) is 0 Å². The predicted octanol–water partition coefficient (Wildman–Crippen LogP) is 0.310. The van der Waals surface area contributed by atoms with E-state index in [-0.39, 0.29) is 9.89 Å². The van der Waals surface area contributed by atoms with Crippen LogP contribution in [-0.2, 0) is 9.53 Å². The standard InChI is InChI=1S/C5H10INO2/c1-3(6)4(7)5(8)9-2/h3-4H,7H2,1-2H3/t3?,4-/m0/s1. The number of alkyl halides is 1. The van der Waals surface area contributed by atoms with Crippen molar-refractivity contribution < 1.29 is 9.53 Å². The summed E-state index contributed by atoms with van der Waals surface area (Å²) >= 11 is 2.08. The van der Waals surface area contributed by atoms with Crippen molar-refractivity contribution in [2.45, 2.75) is 16.9 Å². The lowest BCUT2D eigenvalue weighted by atomic mass is 10.2. The highest BCUT2D eigenvalue weighted by atomic mass is 127. The highest BCUT2D eigenvalue weighted by Gasteiger charge is 2.17. The molecule has 0 bridgehead atoms. The van der Waals surface area contributed by atoms with E-state index in [9.17, 15) is 4.79 Å². The van der Waals surface area contributed by atoms with Crippen LogP contribution in [-0.4, -0.2) is 23.0 Å². The Morgan fingerprint density at radius 3 is 2.33 bits per heavy atom. The van der Waals surface area contributed by atoms with Gasteiger partial charge in [-0.1, -0.05) is 29.5 Å². The van der Waals surface area contributed by atoms with Crippen LogP contribution in [0.5, 0.6) is 0 Å². The Hall–Kier alpha value is 0.160. The zero-order chi connectivity index (χ0) is 7.44. The molecule has 2 N–H and O–H groups in total. The molecule has 0 rings (SSSR count). The number of hydrogen-bond acceptors (Lipinski definition) is 3. The molecule has 3 nitrogen and oxygen atoms in total. The summed E-state index contributed by atoms with van der Waals surface area (Å²) in [5, 5.41) is 0. The van der Waals surface area contributed by atoms with Crippen LogP contribution in [0.15, 0.2) is 0 Å². The topological polar surface area (TPSA) is 52.3 Å². The molecule has 0 saturated heterocycles. The van der Waals surface area contributed by atoms with E-state index in [1.54, 1.807) is 0 Å². The molecule has 0 spiro atoms. The average molecular weight is 243 g/mol. The molecule has 1 unspecified atom stereocenters. The van der Waals surface area contributed by atoms with Gasteiger partial charge in [0.15, 0.2) is 0 Å². The first-order chi connectivity index (χ1) is 4.09. The summed E-state index contributed by atoms with van der Waals surface area (Å²) < 4.78 is 4.52. The molecule has 0 heterocycles. The van der Waals surface area contributed by atoms with Gasteiger partial charge in [0.05, 0.1) is 7.11 Å². The molecule has 4 heteroatoms. The van der Waals surface area contributed by atoms with Crippen LogP contribution < -0.4 is 5.73 Å². The third kappa shape index (κ3) is 3.00. The minimum Gasteiger partial charge on any atom is -0.468 e. The van der Waals surface area contributed by atoms with Gasteiger partial charge < -0.3 is 10.5 Å². The molecule has 0 radical (unpaired) electrons. The van der Waals surface area contributed by atoms with Crippen molar-refractivity contribution in [2.24, 2.45) is 5.73 Å². The van der Waals surface area contributed by atoms with Gasteiger partial charge in [-0.25, -0.2) is 0 Å². The molecule has 2 atom stereocenters. The Morgan fingerprint density at radius 2 is 2.22 bits per heavy atom. The van der Waals surface area contributed by atoms with Crippen molar-refractivity contribution in [3.63, 3.8) is 0 Å². The monoisotopic (exact) mass is 243 g/mol. The summed E-state index contributed by atoms with van der Waals surface area (Å²) in [6, 6.07) is -0.490. The van der Waals surface area contributed by atoms with Crippen LogP contribution in [0.25, 0.3) is 0 Å². The number of nitrogens with two attached hydrogens (primary N) is 1. The predicted molar refractivity (Wildman–Crippen MR) is 43.5 cm³/mol. The number of esters is 1. The lowest BCUT2D eigenvalue weighted by Crippen LogP contribution is -2.37. The highest BCUT2D eigenvalue weighted by Crippen LogP contribution is 2.03. The van der Waals surface area contributed by atoms with Gasteiger partial charge in [-0.05, 0) is 0 Å². The van der Waals surface area contributed by atoms with Crippen LogP contribution >= 0.6 is 22.6 Å². The largest absolute Gasteiger partial charge is 0.468 e. The first-order valence-corrected chi connectivity index (χ1v) is 3.81. The fourth-order valence-electron chi connectivity index (χ4n) is 0.324. The molecule has 0 aromatic heterocycles. The maximum absolute atomic E-state index is 10.6. The minimum atomic E-state index is -0.490. The van der Waals surface area contributed by atoms with Crippen molar-refractivity contribution >= 4 is 28.6 Å². The van der Waals surface area contributed by atoms with Gasteiger partial charge in [0.2, 0.25) is 0 Å². The van der Waals surface area contributed by atoms with E-state index in [4.69, 9.17) is 5.73 Å². The van der Waals surface area contributed by atoms with Crippen molar-refractivity contribution in [2.75, 3.05) is 7.11 Å². The fraction of sp³-hybridized carbons (Fsp3) is 0.800. The van der Waals surface area contributed by atoms with Gasteiger partial charge in [0.1, 0.15) is 6.04 Å². The summed E-state index contributed by atoms with van der Waals surface area (Å²) in [4.78, 5) is 10.6. The Kier molecular flexibility index (Phi) is 4.12. The van der Waals surface area contributed by atoms with E-state index in [1.807, 2.05) is 6.92 Å². The Labute approximate surface area is 68.1 Å². The number of carbonyl (C=O) groups is 1. The second-order valence-electron chi connectivity index (χ2n) is 1.73. The summed E-state index contributed by atoms with van der Waals surface area (Å²) in [6.45, 7) is 1.86. The summed E-state index contributed by atoms with van der Waals surface area (Å²) in [6.07, 6.45) is 0. The second kappa shape index (κ2) is 4.05. The minimum absolute atomic E-state index is 0.120. The van der Waals surface area contributed by atoms with E-state index < -0.39 is 6.04 Å². The van der Waals surface area contributed by atoms with Crippen molar-refractivity contribution in [3.8, 4) is 0 Å². The number of rotatable bonds is 2. The zero-order valence-corrected chi connectivity index (χ0v) is 7.58. The molecule has 0 aliphatic rings. The fourth-order valence-corrected chi connectivity index (χ4v) is 0.617. The molecule has 0 amide bonds. The highest BCUT2D eigenvalue weighted by molar-refractivity contribution is 14.1. The number of methoxy groups -OCH3 is 1. The number of carbonyl (C=O) groups excluding carboxylic acids is 1. The van der Waals surface area contributed by atoms with Crippen LogP contribution in [0.2, 0.25) is 0 Å². The van der Waals surface area contributed by atoms with E-state index >= 15 is 0 Å². The summed E-state index contributed by atoms with van der Waals surface area (Å²) in [7, 11) is 1.33. The van der Waals surface area contributed by atoms with E-state index in [0.717, 1.165) is 0 Å². The second-order valence-corrected chi connectivity index (χ2v) is 3.69. The first-order valence-electron chi connectivity index (χ1n) is 2.57. The van der Waals surface area contributed by atoms with Crippen LogP contribution in [0.1, 0.15) is 6.92 Å². The van der Waals surface area contributed by atoms with E-state index in [2.05, 4.69) is 27.3 Å². The quantitative estimate of drug-likeness (QED) is 0.431. The summed E-state index contributed by atoms with van der Waals surface area (Å²) in [5.74, 6) is -0.350. The SMILES string of the molecule is COC(=O)[C@@H](N)C(C)I. The number of halogens is 1. The maximum atomic E-state index is 10.6. The molecule has 0 saturated carbocycles. The first kappa shape index (κ1) is 9.16. The van der Waals surface area contributed by atoms with Crippen molar-refractivity contribution in [1.82, 2.24) is 0 Å². The van der Waals surface area contributed by atoms with Crippen LogP contribution in [0, 0.1) is 0 Å². The smallest absolute Gasteiger partial charge is 0.323 e. The van der Waals surface area contributed by atoms with Crippen LogP contribution in [0.3, 0.4) is 0 Å². The Morgan fingerprint density at radius 1 is 1.78 bits per heavy atom. The lowest BCUT2D eigenvalue weighted by Gasteiger charge is -2.09. The molecular formula is C5H10INO2. The van der Waals surface area contributed by atoms with Crippen LogP contribution in [0.4, 0.5) is 0 Å². The Bertz CT molecular complexity index is 105. The third-order valence-corrected chi connectivity index (χ3v) is 1.74. The van der Waals surface area contributed by atoms with Gasteiger partial charge in [0, 0.05) is 3.92 Å². The van der Waals surface area contributed by atoms with Crippen molar-refractivity contribution in [3.05, 3.63) is 0 Å². The molecule has 0 aromatic carbocycles. The van der Waals surface area contributed by atoms with Gasteiger partial charge in [0.25, 0.3) is 0 Å². The molecule has 9 heavy (non-hydrogen) atoms. The zero-order valence-electron chi connectivity index (χ0n) is 5.43. The lowest BCUT2D eigenvalue weighted by molar-refractivity contribution is -0.141. The molecule has 0 aliphatic carbocycles. The van der Waals surface area contributed by atoms with Gasteiger partial charge in [-0.3, -0.25) is 4.79 Å². The van der Waals surface area contributed by atoms with Crippen molar-refractivity contribution in [1.29, 1.82) is 0 Å². The maximum Gasteiger partial charge on any atom is 0.323 e. The molecule has 0 aliphatic heterocycles. The third-order valence-electron chi connectivity index (χ3n) is 0.968. The van der Waals surface area contributed by atoms with E-state index in [1.165, 1.54) is 7.11 Å². The van der Waals surface area contributed by atoms with Gasteiger partial charge in [-0.15, -0.1) is 0 Å². The summed E-state index contributed by atoms with van der Waals surface area (Å²) in [5.41, 5.74) is 5.39. The van der Waals surface area contributed by atoms with Gasteiger partial charge >= 0.3 is 5.97 Å². The van der Waals surface area contributed by atoms with E-state index in [0.29, 0.717) is 0 Å².